The lowest BCUT2D eigenvalue weighted by Crippen LogP contribution is -2.39. The highest BCUT2D eigenvalue weighted by Gasteiger charge is 2.34. The van der Waals surface area contributed by atoms with E-state index in [-0.39, 0.29) is 11.7 Å². The number of aromatic nitrogens is 5. The van der Waals surface area contributed by atoms with Gasteiger partial charge in [0.2, 0.25) is 0 Å². The summed E-state index contributed by atoms with van der Waals surface area (Å²) in [5, 5.41) is 13.7. The first-order valence-corrected chi connectivity index (χ1v) is 12.1. The number of pyridine rings is 1. The number of para-hydroxylation sites is 1. The number of benzene rings is 2. The highest BCUT2D eigenvalue weighted by molar-refractivity contribution is 5.81. The molecule has 0 aliphatic carbocycles. The van der Waals surface area contributed by atoms with Gasteiger partial charge < -0.3 is 19.4 Å². The molecular formula is C26H28N6O3. The first-order valence-electron chi connectivity index (χ1n) is 12.1. The van der Waals surface area contributed by atoms with Crippen LogP contribution >= 0.6 is 0 Å². The third-order valence-corrected chi connectivity index (χ3v) is 7.04. The summed E-state index contributed by atoms with van der Waals surface area (Å²) in [4.78, 5) is 18.9. The molecule has 2 atom stereocenters. The molecule has 0 spiro atoms. The van der Waals surface area contributed by atoms with Gasteiger partial charge in [0.15, 0.2) is 5.82 Å². The Morgan fingerprint density at radius 2 is 2.11 bits per heavy atom. The number of nitrogens with one attached hydrogen (secondary N) is 1. The molecule has 4 heterocycles. The van der Waals surface area contributed by atoms with Crippen LogP contribution in [0.15, 0.2) is 53.3 Å². The van der Waals surface area contributed by atoms with Crippen molar-refractivity contribution in [3.05, 3.63) is 75.8 Å². The lowest BCUT2D eigenvalue weighted by Gasteiger charge is -2.37. The van der Waals surface area contributed by atoms with Gasteiger partial charge >= 0.3 is 0 Å². The quantitative estimate of drug-likeness (QED) is 0.460. The van der Waals surface area contributed by atoms with Crippen LogP contribution < -0.4 is 15.2 Å². The fourth-order valence-corrected chi connectivity index (χ4v) is 5.33. The van der Waals surface area contributed by atoms with Gasteiger partial charge in [-0.15, -0.1) is 5.10 Å². The van der Waals surface area contributed by atoms with Gasteiger partial charge in [-0.05, 0) is 72.0 Å². The van der Waals surface area contributed by atoms with E-state index in [9.17, 15) is 4.79 Å². The minimum absolute atomic E-state index is 0.0747. The molecule has 1 N–H and O–H groups in total. The molecule has 2 aliphatic rings. The van der Waals surface area contributed by atoms with Gasteiger partial charge in [0.25, 0.3) is 5.56 Å². The molecule has 0 amide bonds. The predicted molar refractivity (Wildman–Crippen MR) is 132 cm³/mol. The molecule has 2 aromatic carbocycles. The third-order valence-electron chi connectivity index (χ3n) is 7.04. The SMILES string of the molecule is COc1ccc2[nH]c(=O)c([C@@H](c3nnnn3C[C@H]3CCCO3)N3CCCc4ccccc43)cc2c1. The monoisotopic (exact) mass is 472 g/mol. The summed E-state index contributed by atoms with van der Waals surface area (Å²) >= 11 is 0. The van der Waals surface area contributed by atoms with Gasteiger partial charge in [-0.25, -0.2) is 4.68 Å². The lowest BCUT2D eigenvalue weighted by molar-refractivity contribution is 0.0924. The molecule has 0 radical (unpaired) electrons. The number of rotatable bonds is 6. The summed E-state index contributed by atoms with van der Waals surface area (Å²) < 4.78 is 13.1. The van der Waals surface area contributed by atoms with E-state index < -0.39 is 6.04 Å². The predicted octanol–water partition coefficient (Wildman–Crippen LogP) is 3.24. The molecule has 1 saturated heterocycles. The summed E-state index contributed by atoms with van der Waals surface area (Å²) in [6.45, 7) is 2.12. The van der Waals surface area contributed by atoms with Gasteiger partial charge in [0.1, 0.15) is 11.8 Å². The molecule has 0 saturated carbocycles. The number of tetrazole rings is 1. The molecule has 6 rings (SSSR count). The summed E-state index contributed by atoms with van der Waals surface area (Å²) in [7, 11) is 1.64. The third kappa shape index (κ3) is 4.05. The van der Waals surface area contributed by atoms with Gasteiger partial charge in [0, 0.05) is 35.3 Å². The van der Waals surface area contributed by atoms with Gasteiger partial charge in [-0.3, -0.25) is 4.79 Å². The van der Waals surface area contributed by atoms with E-state index in [0.29, 0.717) is 17.9 Å². The highest BCUT2D eigenvalue weighted by Crippen LogP contribution is 2.37. The molecule has 2 aliphatic heterocycles. The zero-order chi connectivity index (χ0) is 23.8. The van der Waals surface area contributed by atoms with Crippen molar-refractivity contribution < 1.29 is 9.47 Å². The molecule has 9 heteroatoms. The lowest BCUT2D eigenvalue weighted by atomic mass is 9.96. The van der Waals surface area contributed by atoms with Gasteiger partial charge in [-0.2, -0.15) is 0 Å². The Bertz CT molecular complexity index is 1410. The Labute approximate surface area is 202 Å². The number of ether oxygens (including phenoxy) is 2. The van der Waals surface area contributed by atoms with Crippen molar-refractivity contribution >= 4 is 16.6 Å². The Morgan fingerprint density at radius 1 is 1.20 bits per heavy atom. The highest BCUT2D eigenvalue weighted by atomic mass is 16.5. The molecule has 0 bridgehead atoms. The molecule has 2 aromatic heterocycles. The summed E-state index contributed by atoms with van der Waals surface area (Å²) in [5.41, 5.74) is 3.59. The topological polar surface area (TPSA) is 98.2 Å². The van der Waals surface area contributed by atoms with E-state index in [4.69, 9.17) is 9.47 Å². The minimum atomic E-state index is -0.452. The number of methoxy groups -OCH3 is 1. The molecule has 9 nitrogen and oxygen atoms in total. The number of anilines is 1. The van der Waals surface area contributed by atoms with Crippen LogP contribution in [0.2, 0.25) is 0 Å². The van der Waals surface area contributed by atoms with E-state index in [1.165, 1.54) is 5.56 Å². The number of hydrogen-bond donors (Lipinski definition) is 1. The Hall–Kier alpha value is -3.72. The Balaban J connectivity index is 1.52. The summed E-state index contributed by atoms with van der Waals surface area (Å²) in [6, 6.07) is 15.5. The van der Waals surface area contributed by atoms with Crippen LogP contribution in [0.1, 0.15) is 42.3 Å². The second-order valence-corrected chi connectivity index (χ2v) is 9.19. The molecule has 180 valence electrons. The van der Waals surface area contributed by atoms with Crippen molar-refractivity contribution in [3.63, 3.8) is 0 Å². The average molecular weight is 473 g/mol. The second kappa shape index (κ2) is 9.14. The van der Waals surface area contributed by atoms with E-state index in [2.05, 4.69) is 43.6 Å². The van der Waals surface area contributed by atoms with E-state index in [1.807, 2.05) is 35.0 Å². The van der Waals surface area contributed by atoms with Crippen molar-refractivity contribution in [1.82, 2.24) is 25.2 Å². The van der Waals surface area contributed by atoms with Crippen molar-refractivity contribution in [2.45, 2.75) is 44.4 Å². The first-order chi connectivity index (χ1) is 17.2. The number of aryl methyl sites for hydroxylation is 1. The summed E-state index contributed by atoms with van der Waals surface area (Å²) in [5.74, 6) is 1.38. The second-order valence-electron chi connectivity index (χ2n) is 9.19. The zero-order valence-corrected chi connectivity index (χ0v) is 19.7. The van der Waals surface area contributed by atoms with Gasteiger partial charge in [0.05, 0.1) is 19.8 Å². The summed E-state index contributed by atoms with van der Waals surface area (Å²) in [6.07, 6.45) is 4.08. The maximum Gasteiger partial charge on any atom is 0.254 e. The van der Waals surface area contributed by atoms with Crippen LogP contribution in [0.4, 0.5) is 5.69 Å². The maximum absolute atomic E-state index is 13.5. The van der Waals surface area contributed by atoms with Crippen molar-refractivity contribution in [3.8, 4) is 5.75 Å². The van der Waals surface area contributed by atoms with Crippen molar-refractivity contribution in [2.24, 2.45) is 0 Å². The smallest absolute Gasteiger partial charge is 0.254 e. The van der Waals surface area contributed by atoms with Crippen LogP contribution in [0.25, 0.3) is 10.9 Å². The first kappa shape index (κ1) is 21.8. The molecule has 1 fully saturated rings. The number of H-pyrrole nitrogens is 1. The standard InChI is InChI=1S/C26H28N6O3/c1-34-19-10-11-22-18(14-19)15-21(26(33)27-22)24(31-12-4-7-17-6-2-3-9-23(17)31)25-28-29-30-32(25)16-20-8-5-13-35-20/h2-3,6,9-11,14-15,20,24H,4-5,7-8,12-13,16H2,1H3,(H,27,33)/t20-,24+/m1/s1. The maximum atomic E-state index is 13.5. The molecular weight excluding hydrogens is 444 g/mol. The number of aromatic amines is 1. The van der Waals surface area contributed by atoms with Crippen LogP contribution in [0.5, 0.6) is 5.75 Å². The Kier molecular flexibility index (Phi) is 5.69. The zero-order valence-electron chi connectivity index (χ0n) is 19.7. The molecule has 4 aromatic rings. The van der Waals surface area contributed by atoms with Crippen molar-refractivity contribution in [2.75, 3.05) is 25.2 Å². The molecule has 35 heavy (non-hydrogen) atoms. The largest absolute Gasteiger partial charge is 0.497 e. The number of nitrogens with zero attached hydrogens (tertiary/aromatic N) is 5. The van der Waals surface area contributed by atoms with E-state index in [1.54, 1.807) is 7.11 Å². The number of hydrogen-bond acceptors (Lipinski definition) is 7. The normalized spacial score (nSPS) is 18.5. The molecule has 0 unspecified atom stereocenters. The van der Waals surface area contributed by atoms with Gasteiger partial charge in [-0.1, -0.05) is 18.2 Å². The van der Waals surface area contributed by atoms with E-state index in [0.717, 1.165) is 61.2 Å². The Morgan fingerprint density at radius 3 is 2.97 bits per heavy atom. The minimum Gasteiger partial charge on any atom is -0.497 e. The van der Waals surface area contributed by atoms with Crippen molar-refractivity contribution in [1.29, 1.82) is 0 Å². The average Bonchev–Trinajstić information content (AvgIpc) is 3.57. The fourth-order valence-electron chi connectivity index (χ4n) is 5.33. The van der Waals surface area contributed by atoms with Crippen LogP contribution in [0.3, 0.4) is 0 Å². The fraction of sp³-hybridized carbons (Fsp3) is 0.385. The van der Waals surface area contributed by atoms with Crippen LogP contribution in [0, 0.1) is 0 Å². The number of fused-ring (bicyclic) bond motifs is 2. The van der Waals surface area contributed by atoms with Crippen LogP contribution in [-0.4, -0.2) is 51.6 Å². The van der Waals surface area contributed by atoms with E-state index >= 15 is 0 Å². The van der Waals surface area contributed by atoms with Crippen LogP contribution in [-0.2, 0) is 17.7 Å².